The third kappa shape index (κ3) is 6.07. The molecule has 2 aliphatic rings. The SMILES string of the molecule is C[C@@H]1[C@H](CN2CCC(n3c(=O)[nH]c4ccccc43)CC2)O[C@H](c2ccc(-c3ccccc3CN)cc2)O[C@@H]1c1ccc(CO)cc1. The molecule has 2 saturated heterocycles. The van der Waals surface area contributed by atoms with Gasteiger partial charge in [0.1, 0.15) is 0 Å². The number of nitrogens with two attached hydrogens (primary N) is 1. The quantitative estimate of drug-likeness (QED) is 0.195. The standard InChI is InChI=1S/C38H42N4O4/c1-25-35(23-41-20-18-31(19-21-41)42-34-9-5-4-8-33(34)40-38(42)44)45-37(46-36(25)28-12-10-26(24-43)11-13-28)29-16-14-27(15-17-29)32-7-3-2-6-30(32)22-39/h2-17,25,31,35-37,43H,18-24,39H2,1H3,(H,40,44)/t25-,35+,36+,37+/m1/s1. The van der Waals surface area contributed by atoms with E-state index in [9.17, 15) is 9.90 Å². The third-order valence-corrected chi connectivity index (χ3v) is 9.84. The van der Waals surface area contributed by atoms with Crippen molar-refractivity contribution in [2.75, 3.05) is 19.6 Å². The number of ether oxygens (including phenoxy) is 2. The van der Waals surface area contributed by atoms with Crippen molar-refractivity contribution in [2.24, 2.45) is 11.7 Å². The van der Waals surface area contributed by atoms with E-state index in [1.807, 2.05) is 53.1 Å². The topological polar surface area (TPSA) is 106 Å². The van der Waals surface area contributed by atoms with Crippen molar-refractivity contribution in [1.29, 1.82) is 0 Å². The number of nitrogens with one attached hydrogen (secondary N) is 1. The first-order valence-corrected chi connectivity index (χ1v) is 16.3. The second-order valence-electron chi connectivity index (χ2n) is 12.7. The molecule has 238 valence electrons. The van der Waals surface area contributed by atoms with Crippen LogP contribution in [0.15, 0.2) is 102 Å². The van der Waals surface area contributed by atoms with Gasteiger partial charge in [-0.25, -0.2) is 4.79 Å². The first-order valence-electron chi connectivity index (χ1n) is 16.3. The smallest absolute Gasteiger partial charge is 0.326 e. The molecule has 1 aromatic heterocycles. The minimum Gasteiger partial charge on any atom is -0.392 e. The Morgan fingerprint density at radius 1 is 0.870 bits per heavy atom. The number of fused-ring (bicyclic) bond motifs is 1. The summed E-state index contributed by atoms with van der Waals surface area (Å²) < 4.78 is 15.4. The van der Waals surface area contributed by atoms with Crippen LogP contribution in [-0.2, 0) is 22.6 Å². The van der Waals surface area contributed by atoms with E-state index in [1.165, 1.54) is 0 Å². The maximum Gasteiger partial charge on any atom is 0.326 e. The Morgan fingerprint density at radius 3 is 2.30 bits per heavy atom. The van der Waals surface area contributed by atoms with E-state index in [4.69, 9.17) is 15.2 Å². The molecule has 7 rings (SSSR count). The highest BCUT2D eigenvalue weighted by Crippen LogP contribution is 2.42. The lowest BCUT2D eigenvalue weighted by atomic mass is 9.89. The molecule has 0 saturated carbocycles. The zero-order chi connectivity index (χ0) is 31.6. The lowest BCUT2D eigenvalue weighted by Crippen LogP contribution is -2.47. The fourth-order valence-corrected chi connectivity index (χ4v) is 7.18. The molecule has 4 aromatic carbocycles. The maximum absolute atomic E-state index is 12.8. The van der Waals surface area contributed by atoms with Gasteiger partial charge in [-0.2, -0.15) is 0 Å². The highest BCUT2D eigenvalue weighted by molar-refractivity contribution is 5.75. The van der Waals surface area contributed by atoms with Crippen LogP contribution in [-0.4, -0.2) is 45.3 Å². The van der Waals surface area contributed by atoms with E-state index < -0.39 is 6.29 Å². The average Bonchev–Trinajstić information content (AvgIpc) is 3.45. The summed E-state index contributed by atoms with van der Waals surface area (Å²) in [6.07, 6.45) is 1.05. The summed E-state index contributed by atoms with van der Waals surface area (Å²) in [6, 6.07) is 32.8. The van der Waals surface area contributed by atoms with Crippen molar-refractivity contribution in [3.63, 3.8) is 0 Å². The monoisotopic (exact) mass is 618 g/mol. The Hall–Kier alpha value is -4.05. The fraction of sp³-hybridized carbons (Fsp3) is 0.342. The van der Waals surface area contributed by atoms with Crippen molar-refractivity contribution < 1.29 is 14.6 Å². The van der Waals surface area contributed by atoms with Gasteiger partial charge in [-0.15, -0.1) is 0 Å². The number of nitrogens with zero attached hydrogens (tertiary/aromatic N) is 2. The van der Waals surface area contributed by atoms with Crippen LogP contribution in [0.3, 0.4) is 0 Å². The molecule has 0 unspecified atom stereocenters. The zero-order valence-electron chi connectivity index (χ0n) is 26.2. The molecule has 8 nitrogen and oxygen atoms in total. The Balaban J connectivity index is 1.10. The molecule has 2 aliphatic heterocycles. The number of piperidine rings is 1. The number of H-pyrrole nitrogens is 1. The van der Waals surface area contributed by atoms with E-state index in [1.54, 1.807) is 0 Å². The molecule has 3 heterocycles. The van der Waals surface area contributed by atoms with Gasteiger partial charge in [0.2, 0.25) is 0 Å². The Labute approximate surface area is 269 Å². The van der Waals surface area contributed by atoms with Crippen LogP contribution < -0.4 is 11.4 Å². The third-order valence-electron chi connectivity index (χ3n) is 9.84. The van der Waals surface area contributed by atoms with E-state index in [0.29, 0.717) is 6.54 Å². The lowest BCUT2D eigenvalue weighted by molar-refractivity contribution is -0.276. The summed E-state index contributed by atoms with van der Waals surface area (Å²) in [4.78, 5) is 18.3. The number of hydrogen-bond acceptors (Lipinski definition) is 6. The predicted molar refractivity (Wildman–Crippen MR) is 180 cm³/mol. The molecule has 0 radical (unpaired) electrons. The van der Waals surface area contributed by atoms with Crippen LogP contribution in [0, 0.1) is 5.92 Å². The molecule has 4 N–H and O–H groups in total. The van der Waals surface area contributed by atoms with Crippen LogP contribution in [0.25, 0.3) is 22.2 Å². The van der Waals surface area contributed by atoms with Crippen molar-refractivity contribution in [3.8, 4) is 11.1 Å². The van der Waals surface area contributed by atoms with E-state index >= 15 is 0 Å². The molecule has 4 atom stereocenters. The first-order chi connectivity index (χ1) is 22.5. The Bertz CT molecular complexity index is 1820. The highest BCUT2D eigenvalue weighted by atomic mass is 16.7. The molecular weight excluding hydrogens is 576 g/mol. The van der Waals surface area contributed by atoms with Crippen molar-refractivity contribution >= 4 is 11.0 Å². The number of aromatic nitrogens is 2. The number of benzene rings is 4. The van der Waals surface area contributed by atoms with Gasteiger partial charge >= 0.3 is 5.69 Å². The van der Waals surface area contributed by atoms with Gasteiger partial charge in [-0.3, -0.25) is 4.57 Å². The van der Waals surface area contributed by atoms with Crippen LogP contribution in [0.4, 0.5) is 0 Å². The zero-order valence-corrected chi connectivity index (χ0v) is 26.2. The van der Waals surface area contributed by atoms with Crippen molar-refractivity contribution in [3.05, 3.63) is 130 Å². The largest absolute Gasteiger partial charge is 0.392 e. The lowest BCUT2D eigenvalue weighted by Gasteiger charge is -2.44. The molecule has 8 heteroatoms. The van der Waals surface area contributed by atoms with Gasteiger partial charge < -0.3 is 30.2 Å². The number of hydrogen-bond donors (Lipinski definition) is 3. The summed E-state index contributed by atoms with van der Waals surface area (Å²) in [7, 11) is 0. The van der Waals surface area contributed by atoms with Gasteiger partial charge in [0.15, 0.2) is 6.29 Å². The number of likely N-dealkylation sites (tertiary alicyclic amines) is 1. The summed E-state index contributed by atoms with van der Waals surface area (Å²) in [5.41, 5.74) is 14.1. The predicted octanol–water partition coefficient (Wildman–Crippen LogP) is 6.08. The van der Waals surface area contributed by atoms with E-state index in [-0.39, 0.29) is 36.5 Å². The minimum atomic E-state index is -0.523. The second kappa shape index (κ2) is 13.4. The number of imidazole rings is 1. The number of aromatic amines is 1. The van der Waals surface area contributed by atoms with E-state index in [2.05, 4.69) is 65.3 Å². The molecule has 0 bridgehead atoms. The Kier molecular flexibility index (Phi) is 8.88. The summed E-state index contributed by atoms with van der Waals surface area (Å²) in [5, 5.41) is 9.61. The van der Waals surface area contributed by atoms with Crippen LogP contribution in [0.5, 0.6) is 0 Å². The molecule has 0 amide bonds. The minimum absolute atomic E-state index is 0.00990. The number of rotatable bonds is 8. The molecule has 5 aromatic rings. The number of aliphatic hydroxyl groups is 1. The number of para-hydroxylation sites is 2. The van der Waals surface area contributed by atoms with Gasteiger partial charge in [-0.1, -0.05) is 91.9 Å². The fourth-order valence-electron chi connectivity index (χ4n) is 7.18. The second-order valence-corrected chi connectivity index (χ2v) is 12.7. The van der Waals surface area contributed by atoms with Crippen molar-refractivity contribution in [2.45, 2.75) is 57.5 Å². The molecular formula is C38H42N4O4. The van der Waals surface area contributed by atoms with Gasteiger partial charge in [0.25, 0.3) is 0 Å². The molecule has 2 fully saturated rings. The van der Waals surface area contributed by atoms with Gasteiger partial charge in [-0.05, 0) is 52.8 Å². The first kappa shape index (κ1) is 30.6. The van der Waals surface area contributed by atoms with Crippen LogP contribution >= 0.6 is 0 Å². The van der Waals surface area contributed by atoms with Gasteiger partial charge in [0, 0.05) is 43.7 Å². The average molecular weight is 619 g/mol. The normalized spacial score (nSPS) is 22.8. The van der Waals surface area contributed by atoms with E-state index in [0.717, 1.165) is 76.9 Å². The van der Waals surface area contributed by atoms with Crippen LogP contribution in [0.1, 0.15) is 60.5 Å². The van der Waals surface area contributed by atoms with Crippen LogP contribution in [0.2, 0.25) is 0 Å². The molecule has 46 heavy (non-hydrogen) atoms. The molecule has 0 spiro atoms. The molecule has 0 aliphatic carbocycles. The number of aliphatic hydroxyl groups excluding tert-OH is 1. The maximum atomic E-state index is 12.8. The van der Waals surface area contributed by atoms with Gasteiger partial charge in [0.05, 0.1) is 29.8 Å². The summed E-state index contributed by atoms with van der Waals surface area (Å²) in [5.74, 6) is 0.0980. The van der Waals surface area contributed by atoms with Crippen molar-refractivity contribution in [1.82, 2.24) is 14.5 Å². The summed E-state index contributed by atoms with van der Waals surface area (Å²) >= 11 is 0. The highest BCUT2D eigenvalue weighted by Gasteiger charge is 2.39. The Morgan fingerprint density at radius 2 is 1.57 bits per heavy atom. The summed E-state index contributed by atoms with van der Waals surface area (Å²) in [6.45, 7) is 5.26.